The van der Waals surface area contributed by atoms with Gasteiger partial charge in [0.05, 0.1) is 4.90 Å². The summed E-state index contributed by atoms with van der Waals surface area (Å²) in [4.78, 5) is 0.133. The van der Waals surface area contributed by atoms with Crippen molar-refractivity contribution in [3.8, 4) is 0 Å². The Balaban J connectivity index is 2.30. The van der Waals surface area contributed by atoms with E-state index in [1.807, 2.05) is 0 Å². The average molecular weight is 349 g/mol. The molecule has 0 fully saturated rings. The van der Waals surface area contributed by atoms with Crippen molar-refractivity contribution >= 4 is 43.4 Å². The lowest BCUT2D eigenvalue weighted by Gasteiger charge is -2.06. The number of aromatic nitrogens is 2. The third-order valence-corrected chi connectivity index (χ3v) is 4.02. The van der Waals surface area contributed by atoms with E-state index in [9.17, 15) is 8.42 Å². The van der Waals surface area contributed by atoms with Gasteiger partial charge in [0.15, 0.2) is 11.0 Å². The zero-order chi connectivity index (χ0) is 13.2. The number of rotatable bonds is 3. The van der Waals surface area contributed by atoms with Gasteiger partial charge in [-0.25, -0.2) is 8.42 Å². The monoisotopic (exact) mass is 347 g/mol. The summed E-state index contributed by atoms with van der Waals surface area (Å²) in [7, 11) is -3.67. The van der Waals surface area contributed by atoms with Gasteiger partial charge in [-0.2, -0.15) is 0 Å². The molecule has 0 bridgehead atoms. The van der Waals surface area contributed by atoms with E-state index < -0.39 is 10.0 Å². The van der Waals surface area contributed by atoms with Crippen molar-refractivity contribution in [3.05, 3.63) is 46.0 Å². The molecule has 0 saturated carbocycles. The lowest BCUT2D eigenvalue weighted by atomic mass is 10.4. The van der Waals surface area contributed by atoms with Gasteiger partial charge in [-0.1, -0.05) is 33.6 Å². The van der Waals surface area contributed by atoms with Crippen LogP contribution in [0.15, 0.2) is 45.8 Å². The maximum atomic E-state index is 12.0. The highest BCUT2D eigenvalue weighted by Crippen LogP contribution is 2.18. The molecule has 18 heavy (non-hydrogen) atoms. The molecule has 0 atom stereocenters. The van der Waals surface area contributed by atoms with E-state index in [2.05, 4.69) is 30.8 Å². The molecule has 0 saturated heterocycles. The number of hydrogen-bond donors (Lipinski definition) is 1. The topological polar surface area (TPSA) is 72.0 Å². The molecule has 0 amide bonds. The number of benzene rings is 1. The van der Waals surface area contributed by atoms with Gasteiger partial charge in [0.2, 0.25) is 0 Å². The lowest BCUT2D eigenvalue weighted by Crippen LogP contribution is -2.14. The van der Waals surface area contributed by atoms with Gasteiger partial charge in [0.25, 0.3) is 10.0 Å². The molecule has 0 aliphatic rings. The van der Waals surface area contributed by atoms with Crippen molar-refractivity contribution in [3.63, 3.8) is 0 Å². The number of nitrogens with one attached hydrogen (secondary N) is 1. The van der Waals surface area contributed by atoms with Crippen molar-refractivity contribution in [1.82, 2.24) is 10.2 Å². The zero-order valence-corrected chi connectivity index (χ0v) is 12.0. The molecule has 0 aliphatic heterocycles. The van der Waals surface area contributed by atoms with E-state index in [1.165, 1.54) is 24.3 Å². The quantitative estimate of drug-likeness (QED) is 0.925. The van der Waals surface area contributed by atoms with E-state index in [1.54, 1.807) is 12.1 Å². The predicted molar refractivity (Wildman–Crippen MR) is 72.0 cm³/mol. The molecule has 5 nitrogen and oxygen atoms in total. The van der Waals surface area contributed by atoms with Crippen LogP contribution in [0.2, 0.25) is 5.15 Å². The highest BCUT2D eigenvalue weighted by Gasteiger charge is 2.15. The minimum absolute atomic E-state index is 0.111. The lowest BCUT2D eigenvalue weighted by molar-refractivity contribution is 0.601. The molecule has 1 aromatic carbocycles. The van der Waals surface area contributed by atoms with Crippen LogP contribution in [0.4, 0.5) is 5.82 Å². The second-order valence-corrected chi connectivity index (χ2v) is 6.29. The smallest absolute Gasteiger partial charge is 0.262 e. The molecule has 0 unspecified atom stereocenters. The van der Waals surface area contributed by atoms with Crippen molar-refractivity contribution in [2.75, 3.05) is 4.72 Å². The Morgan fingerprint density at radius 3 is 2.56 bits per heavy atom. The average Bonchev–Trinajstić information content (AvgIpc) is 2.32. The van der Waals surface area contributed by atoms with Gasteiger partial charge >= 0.3 is 0 Å². The molecule has 94 valence electrons. The SMILES string of the molecule is O=S(=O)(Nc1ccc(Cl)nn1)c1cccc(Br)c1. The van der Waals surface area contributed by atoms with Crippen LogP contribution in [0.5, 0.6) is 0 Å². The molecule has 0 radical (unpaired) electrons. The third kappa shape index (κ3) is 3.18. The fraction of sp³-hybridized carbons (Fsp3) is 0. The van der Waals surface area contributed by atoms with Crippen LogP contribution in [0.1, 0.15) is 0 Å². The number of sulfonamides is 1. The molecule has 1 heterocycles. The molecule has 8 heteroatoms. The van der Waals surface area contributed by atoms with E-state index in [0.29, 0.717) is 4.47 Å². The van der Waals surface area contributed by atoms with Crippen molar-refractivity contribution in [2.45, 2.75) is 4.90 Å². The summed E-state index contributed by atoms with van der Waals surface area (Å²) in [5, 5.41) is 7.38. The summed E-state index contributed by atoms with van der Waals surface area (Å²) < 4.78 is 27.0. The van der Waals surface area contributed by atoms with Crippen LogP contribution in [-0.4, -0.2) is 18.6 Å². The van der Waals surface area contributed by atoms with Gasteiger partial charge in [-0.15, -0.1) is 10.2 Å². The van der Waals surface area contributed by atoms with Gasteiger partial charge in [0, 0.05) is 4.47 Å². The molecular formula is C10H7BrClN3O2S. The summed E-state index contributed by atoms with van der Waals surface area (Å²) in [6.07, 6.45) is 0. The first-order valence-corrected chi connectivity index (χ1v) is 7.40. The predicted octanol–water partition coefficient (Wildman–Crippen LogP) is 2.69. The Bertz CT molecular complexity index is 661. The van der Waals surface area contributed by atoms with Gasteiger partial charge in [0.1, 0.15) is 0 Å². The number of hydrogen-bond acceptors (Lipinski definition) is 4. The van der Waals surface area contributed by atoms with Crippen LogP contribution in [0.3, 0.4) is 0 Å². The standard InChI is InChI=1S/C10H7BrClN3O2S/c11-7-2-1-3-8(6-7)18(16,17)15-10-5-4-9(12)13-14-10/h1-6H,(H,14,15). The van der Waals surface area contributed by atoms with Crippen molar-refractivity contribution in [1.29, 1.82) is 0 Å². The zero-order valence-electron chi connectivity index (χ0n) is 8.84. The molecule has 1 N–H and O–H groups in total. The first-order valence-electron chi connectivity index (χ1n) is 4.75. The first kappa shape index (κ1) is 13.3. The molecule has 1 aromatic heterocycles. The highest BCUT2D eigenvalue weighted by molar-refractivity contribution is 9.10. The van der Waals surface area contributed by atoms with Crippen molar-refractivity contribution < 1.29 is 8.42 Å². The Morgan fingerprint density at radius 1 is 1.17 bits per heavy atom. The second-order valence-electron chi connectivity index (χ2n) is 3.30. The Morgan fingerprint density at radius 2 is 1.94 bits per heavy atom. The molecule has 2 rings (SSSR count). The summed E-state index contributed by atoms with van der Waals surface area (Å²) in [6, 6.07) is 9.23. The molecular weight excluding hydrogens is 342 g/mol. The molecule has 2 aromatic rings. The number of halogens is 2. The van der Waals surface area contributed by atoms with Crippen LogP contribution in [0, 0.1) is 0 Å². The van der Waals surface area contributed by atoms with E-state index in [-0.39, 0.29) is 15.9 Å². The van der Waals surface area contributed by atoms with Gasteiger partial charge in [-0.05, 0) is 30.3 Å². The van der Waals surface area contributed by atoms with E-state index in [0.717, 1.165) is 0 Å². The summed E-state index contributed by atoms with van der Waals surface area (Å²) >= 11 is 8.78. The normalized spacial score (nSPS) is 11.2. The fourth-order valence-corrected chi connectivity index (χ4v) is 2.89. The Labute approximate surface area is 117 Å². The third-order valence-electron chi connectivity index (χ3n) is 1.98. The Kier molecular flexibility index (Phi) is 3.84. The molecule has 0 spiro atoms. The van der Waals surface area contributed by atoms with Gasteiger partial charge < -0.3 is 0 Å². The van der Waals surface area contributed by atoms with Crippen LogP contribution >= 0.6 is 27.5 Å². The van der Waals surface area contributed by atoms with Crippen LogP contribution in [-0.2, 0) is 10.0 Å². The van der Waals surface area contributed by atoms with E-state index in [4.69, 9.17) is 11.6 Å². The Hall–Kier alpha value is -1.18. The minimum Gasteiger partial charge on any atom is -0.262 e. The van der Waals surface area contributed by atoms with Gasteiger partial charge in [-0.3, -0.25) is 4.72 Å². The summed E-state index contributed by atoms with van der Waals surface area (Å²) in [6.45, 7) is 0. The maximum Gasteiger partial charge on any atom is 0.263 e. The maximum absolute atomic E-state index is 12.0. The minimum atomic E-state index is -3.67. The number of nitrogens with zero attached hydrogens (tertiary/aromatic N) is 2. The summed E-state index contributed by atoms with van der Waals surface area (Å²) in [5.74, 6) is 0.111. The summed E-state index contributed by atoms with van der Waals surface area (Å²) in [5.41, 5.74) is 0. The van der Waals surface area contributed by atoms with Crippen molar-refractivity contribution in [2.24, 2.45) is 0 Å². The highest BCUT2D eigenvalue weighted by atomic mass is 79.9. The molecule has 0 aliphatic carbocycles. The first-order chi connectivity index (χ1) is 8.47. The van der Waals surface area contributed by atoms with E-state index >= 15 is 0 Å². The van der Waals surface area contributed by atoms with Crippen LogP contribution < -0.4 is 4.72 Å². The second kappa shape index (κ2) is 5.21. The van der Waals surface area contributed by atoms with Crippen LogP contribution in [0.25, 0.3) is 0 Å². The number of anilines is 1. The largest absolute Gasteiger partial charge is 0.263 e. The fourth-order valence-electron chi connectivity index (χ4n) is 1.20.